The van der Waals surface area contributed by atoms with Crippen molar-refractivity contribution < 1.29 is 17.1 Å². The van der Waals surface area contributed by atoms with Crippen LogP contribution in [0.1, 0.15) is 64.1 Å². The molecule has 2 heterocycles. The molecule has 0 spiro atoms. The van der Waals surface area contributed by atoms with Crippen molar-refractivity contribution in [2.75, 3.05) is 0 Å². The smallest absolute Gasteiger partial charge is 0.261 e. The molecule has 0 aliphatic rings. The average Bonchev–Trinajstić information content (AvgIpc) is 3.58. The van der Waals surface area contributed by atoms with E-state index in [0.29, 0.717) is 0 Å². The summed E-state index contributed by atoms with van der Waals surface area (Å²) in [5.41, 5.74) is 5.10. The zero-order chi connectivity index (χ0) is 31.6. The Labute approximate surface area is 279 Å². The molecule has 0 saturated heterocycles. The first-order chi connectivity index (χ1) is 19.3. The summed E-state index contributed by atoms with van der Waals surface area (Å²) in [5.74, 6) is 0. The molecular formula is C36H54FeN2P2Si2. The molecule has 0 N–H and O–H groups in total. The summed E-state index contributed by atoms with van der Waals surface area (Å²) in [5, 5.41) is 3.35. The van der Waals surface area contributed by atoms with Crippen LogP contribution in [-0.4, -0.2) is 36.4 Å². The molecule has 0 aliphatic heterocycles. The van der Waals surface area contributed by atoms with Gasteiger partial charge in [-0.25, -0.2) is 18.2 Å². The van der Waals surface area contributed by atoms with Gasteiger partial charge in [0, 0.05) is 37.0 Å². The fourth-order valence-electron chi connectivity index (χ4n) is 6.12. The van der Waals surface area contributed by atoms with Crippen molar-refractivity contribution in [2.24, 2.45) is 0 Å². The van der Waals surface area contributed by atoms with E-state index in [9.17, 15) is 0 Å². The van der Waals surface area contributed by atoms with Crippen LogP contribution in [-0.2, 0) is 28.4 Å². The van der Waals surface area contributed by atoms with Gasteiger partial charge in [-0.1, -0.05) is 101 Å². The third-order valence-corrected chi connectivity index (χ3v) is 16.9. The Balaban J connectivity index is 0.000000973. The number of rotatable bonds is 7. The molecule has 1 atom stereocenters. The van der Waals surface area contributed by atoms with Crippen LogP contribution < -0.4 is 10.4 Å². The number of aromatic nitrogens is 2. The van der Waals surface area contributed by atoms with Gasteiger partial charge in [-0.3, -0.25) is 9.97 Å². The zero-order valence-electron chi connectivity index (χ0n) is 28.6. The van der Waals surface area contributed by atoms with Crippen molar-refractivity contribution in [3.8, 4) is 0 Å². The Bertz CT molecular complexity index is 1320. The molecule has 0 fully saturated rings. The van der Waals surface area contributed by atoms with Crippen LogP contribution in [0.5, 0.6) is 0 Å². The molecule has 43 heavy (non-hydrogen) atoms. The maximum Gasteiger partial charge on any atom is 2.00 e. The van der Waals surface area contributed by atoms with Crippen molar-refractivity contribution in [1.82, 2.24) is 9.97 Å². The second-order valence-corrected chi connectivity index (χ2v) is 30.2. The largest absolute Gasteiger partial charge is 2.00 e. The van der Waals surface area contributed by atoms with Gasteiger partial charge in [0.1, 0.15) is 0 Å². The monoisotopic (exact) mass is 688 g/mol. The van der Waals surface area contributed by atoms with E-state index in [4.69, 9.17) is 9.97 Å². The van der Waals surface area contributed by atoms with E-state index in [1.54, 1.807) is 15.9 Å². The Hall–Kier alpha value is -1.19. The SMILES string of the molecule is CC(C)(C)P(Cc1c(C(P)(c2ccccn2)c2ccccn2)cc([Si](C)(C)C)[c-]1[Si](C)(C)C)C(C)(C)C.[Fe+2].c1cc[cH-]c1. The molecule has 0 radical (unpaired) electrons. The molecule has 4 rings (SSSR count). The van der Waals surface area contributed by atoms with E-state index in [1.807, 2.05) is 54.9 Å². The topological polar surface area (TPSA) is 25.8 Å². The maximum atomic E-state index is 4.95. The van der Waals surface area contributed by atoms with Gasteiger partial charge in [0.25, 0.3) is 0 Å². The Kier molecular flexibility index (Phi) is 12.8. The number of hydrogen-bond donors (Lipinski definition) is 0. The Morgan fingerprint density at radius 3 is 1.53 bits per heavy atom. The van der Waals surface area contributed by atoms with Crippen LogP contribution in [0.25, 0.3) is 0 Å². The molecule has 234 valence electrons. The average molecular weight is 689 g/mol. The third kappa shape index (κ3) is 9.19. The van der Waals surface area contributed by atoms with Crippen LogP contribution >= 0.6 is 17.2 Å². The molecule has 2 aromatic heterocycles. The molecule has 2 aromatic carbocycles. The summed E-state index contributed by atoms with van der Waals surface area (Å²) < 4.78 is 0. The minimum atomic E-state index is -1.68. The second kappa shape index (κ2) is 14.5. The number of nitrogens with zero attached hydrogens (tertiary/aromatic N) is 2. The summed E-state index contributed by atoms with van der Waals surface area (Å²) in [4.78, 5) is 9.90. The Morgan fingerprint density at radius 2 is 1.23 bits per heavy atom. The molecular weight excluding hydrogens is 634 g/mol. The van der Waals surface area contributed by atoms with Gasteiger partial charge >= 0.3 is 17.1 Å². The summed E-state index contributed by atoms with van der Waals surface area (Å²) in [6.45, 7) is 29.9. The quantitative estimate of drug-likeness (QED) is 0.110. The Morgan fingerprint density at radius 1 is 0.767 bits per heavy atom. The van der Waals surface area contributed by atoms with E-state index in [1.165, 1.54) is 5.56 Å². The van der Waals surface area contributed by atoms with E-state index < -0.39 is 21.3 Å². The first-order valence-electron chi connectivity index (χ1n) is 15.2. The number of pyridine rings is 2. The van der Waals surface area contributed by atoms with Gasteiger partial charge in [-0.15, -0.1) is 9.24 Å². The molecule has 0 amide bonds. The third-order valence-electron chi connectivity index (χ3n) is 7.80. The van der Waals surface area contributed by atoms with Crippen LogP contribution in [0.4, 0.5) is 0 Å². The van der Waals surface area contributed by atoms with Crippen molar-refractivity contribution in [3.05, 3.63) is 108 Å². The minimum Gasteiger partial charge on any atom is -0.261 e. The van der Waals surface area contributed by atoms with Crippen LogP contribution in [0.15, 0.2) is 85.2 Å². The van der Waals surface area contributed by atoms with Crippen molar-refractivity contribution in [1.29, 1.82) is 0 Å². The van der Waals surface area contributed by atoms with Crippen molar-refractivity contribution in [2.45, 2.75) is 102 Å². The van der Waals surface area contributed by atoms with Gasteiger partial charge in [0.05, 0.1) is 8.07 Å². The molecule has 0 saturated carbocycles. The summed E-state index contributed by atoms with van der Waals surface area (Å²) in [7, 11) is -0.382. The first-order valence-corrected chi connectivity index (χ1v) is 24.3. The van der Waals surface area contributed by atoms with Crippen molar-refractivity contribution >= 4 is 43.7 Å². The maximum absolute atomic E-state index is 4.95. The van der Waals surface area contributed by atoms with Gasteiger partial charge in [-0.05, 0) is 40.7 Å². The fourth-order valence-corrected chi connectivity index (χ4v) is 16.2. The van der Waals surface area contributed by atoms with Gasteiger partial charge in [0.2, 0.25) is 0 Å². The van der Waals surface area contributed by atoms with Crippen LogP contribution in [0, 0.1) is 0 Å². The van der Waals surface area contributed by atoms with Gasteiger partial charge in [-0.2, -0.15) is 39.7 Å². The normalized spacial score (nSPS) is 12.9. The number of hydrogen-bond acceptors (Lipinski definition) is 2. The zero-order valence-corrected chi connectivity index (χ0v) is 33.7. The van der Waals surface area contributed by atoms with Gasteiger partial charge < -0.3 is 0 Å². The molecule has 7 heteroatoms. The van der Waals surface area contributed by atoms with E-state index in [-0.39, 0.29) is 35.3 Å². The van der Waals surface area contributed by atoms with Gasteiger partial charge in [0.15, 0.2) is 0 Å². The summed E-state index contributed by atoms with van der Waals surface area (Å²) >= 11 is 0. The van der Waals surface area contributed by atoms with E-state index >= 15 is 0 Å². The van der Waals surface area contributed by atoms with E-state index in [2.05, 4.69) is 120 Å². The first kappa shape index (κ1) is 38.0. The predicted octanol–water partition coefficient (Wildman–Crippen LogP) is 9.43. The summed E-state index contributed by atoms with van der Waals surface area (Å²) in [6, 6.07) is 25.2. The molecule has 0 aliphatic carbocycles. The van der Waals surface area contributed by atoms with Crippen molar-refractivity contribution in [3.63, 3.8) is 0 Å². The molecule has 0 bridgehead atoms. The fraction of sp³-hybridized carbons (Fsp3) is 0.444. The second-order valence-electron chi connectivity index (χ2n) is 15.5. The minimum absolute atomic E-state index is 0. The molecule has 4 aromatic rings. The molecule has 1 unspecified atom stereocenters. The standard InChI is InChI=1S/C31H49N2P2Si2.C5H5.Fe/c1-29(2,3)35(30(4,5)6)22-23-24(21-25(36(7,8)9)28(23)37(10,11)12)31(34,26-17-13-15-19-32-26)27-18-14-16-20-33-27;1-2-4-5-3-1;/h13-21H,22,34H2,1-12H3;1-5H;/q2*-1;+2. The predicted molar refractivity (Wildman–Crippen MR) is 198 cm³/mol. The summed E-state index contributed by atoms with van der Waals surface area (Å²) in [6.07, 6.45) is 4.99. The van der Waals surface area contributed by atoms with Crippen LogP contribution in [0.3, 0.4) is 0 Å². The van der Waals surface area contributed by atoms with E-state index in [0.717, 1.165) is 17.5 Å². The van der Waals surface area contributed by atoms with Crippen LogP contribution in [0.2, 0.25) is 39.3 Å². The molecule has 2 nitrogen and oxygen atoms in total.